The van der Waals surface area contributed by atoms with Crippen LogP contribution in [0.4, 0.5) is 0 Å². The van der Waals surface area contributed by atoms with Gasteiger partial charge in [-0.25, -0.2) is 0 Å². The molecule has 1 aliphatic rings. The van der Waals surface area contributed by atoms with Crippen LogP contribution in [0.2, 0.25) is 0 Å². The fourth-order valence-corrected chi connectivity index (χ4v) is 2.36. The van der Waals surface area contributed by atoms with Gasteiger partial charge in [-0.2, -0.15) is 0 Å². The molecular weight excluding hydrogens is 322 g/mol. The van der Waals surface area contributed by atoms with Gasteiger partial charge in [0.2, 0.25) is 6.29 Å². The van der Waals surface area contributed by atoms with E-state index in [1.165, 1.54) is 7.11 Å². The van der Waals surface area contributed by atoms with E-state index in [0.717, 1.165) is 5.56 Å². The maximum atomic E-state index is 10.00. The summed E-state index contributed by atoms with van der Waals surface area (Å²) in [5, 5.41) is 47.5. The Hall–Kier alpha value is -1.68. The maximum absolute atomic E-state index is 10.00. The van der Waals surface area contributed by atoms with E-state index in [1.54, 1.807) is 30.4 Å². The summed E-state index contributed by atoms with van der Waals surface area (Å²) in [5.74, 6) is 0.607. The lowest BCUT2D eigenvalue weighted by atomic mass is 9.99. The molecule has 24 heavy (non-hydrogen) atoms. The van der Waals surface area contributed by atoms with Gasteiger partial charge in [-0.05, 0) is 17.7 Å². The van der Waals surface area contributed by atoms with Crippen LogP contribution in [0.25, 0.3) is 6.08 Å². The third kappa shape index (κ3) is 4.04. The highest BCUT2D eigenvalue weighted by Gasteiger charge is 2.44. The second-order valence-electron chi connectivity index (χ2n) is 5.31. The van der Waals surface area contributed by atoms with Crippen molar-refractivity contribution < 1.29 is 39.7 Å². The fourth-order valence-electron chi connectivity index (χ4n) is 2.36. The van der Waals surface area contributed by atoms with Crippen LogP contribution < -0.4 is 9.47 Å². The lowest BCUT2D eigenvalue weighted by Gasteiger charge is -2.39. The molecule has 0 unspecified atom stereocenters. The lowest BCUT2D eigenvalue weighted by Crippen LogP contribution is -2.60. The molecule has 1 aromatic carbocycles. The average molecular weight is 344 g/mol. The number of benzene rings is 1. The molecule has 1 aromatic rings. The summed E-state index contributed by atoms with van der Waals surface area (Å²) < 4.78 is 16.1. The van der Waals surface area contributed by atoms with Crippen LogP contribution in [0, 0.1) is 0 Å². The molecular formula is C16H22O8. The molecule has 0 radical (unpaired) electrons. The van der Waals surface area contributed by atoms with Crippen molar-refractivity contribution in [1.29, 1.82) is 0 Å². The van der Waals surface area contributed by atoms with Crippen LogP contribution in [0.5, 0.6) is 11.5 Å². The van der Waals surface area contributed by atoms with Gasteiger partial charge < -0.3 is 39.7 Å². The summed E-state index contributed by atoms with van der Waals surface area (Å²) in [6, 6.07) is 4.94. The summed E-state index contributed by atoms with van der Waals surface area (Å²) in [4.78, 5) is 0. The van der Waals surface area contributed by atoms with E-state index in [1.807, 2.05) is 0 Å². The minimum atomic E-state index is -1.52. The molecule has 0 amide bonds. The van der Waals surface area contributed by atoms with Gasteiger partial charge in [0, 0.05) is 0 Å². The first-order valence-corrected chi connectivity index (χ1v) is 7.44. The predicted molar refractivity (Wildman–Crippen MR) is 83.5 cm³/mol. The zero-order chi connectivity index (χ0) is 17.7. The molecule has 0 aromatic heterocycles. The summed E-state index contributed by atoms with van der Waals surface area (Å²) >= 11 is 0. The van der Waals surface area contributed by atoms with Gasteiger partial charge in [0.1, 0.15) is 24.4 Å². The Bertz CT molecular complexity index is 559. The third-order valence-corrected chi connectivity index (χ3v) is 3.69. The van der Waals surface area contributed by atoms with Gasteiger partial charge in [-0.3, -0.25) is 0 Å². The first-order valence-electron chi connectivity index (χ1n) is 7.44. The first-order chi connectivity index (χ1) is 11.5. The maximum Gasteiger partial charge on any atom is 0.229 e. The van der Waals surface area contributed by atoms with Gasteiger partial charge in [0.25, 0.3) is 0 Å². The highest BCUT2D eigenvalue weighted by molar-refractivity contribution is 5.55. The molecule has 1 heterocycles. The Kier molecular flexibility index (Phi) is 6.55. The summed E-state index contributed by atoms with van der Waals surface area (Å²) in [6.07, 6.45) is -3.54. The van der Waals surface area contributed by atoms with Crippen molar-refractivity contribution in [2.75, 3.05) is 20.3 Å². The molecule has 1 fully saturated rings. The SMILES string of the molecule is COc1cc(/C=[13CH]\[13CH2]O)ccc1O[C@@H]1O[C@H](CO)[C@@H](O)[C@H](O)[C@H]1O. The smallest absolute Gasteiger partial charge is 0.229 e. The molecule has 1 saturated heterocycles. The van der Waals surface area contributed by atoms with Crippen LogP contribution in [-0.2, 0) is 4.74 Å². The molecule has 8 nitrogen and oxygen atoms in total. The highest BCUT2D eigenvalue weighted by Crippen LogP contribution is 2.32. The number of hydrogen-bond acceptors (Lipinski definition) is 8. The van der Waals surface area contributed by atoms with E-state index in [2.05, 4.69) is 0 Å². The fraction of sp³-hybridized carbons (Fsp3) is 0.500. The Morgan fingerprint density at radius 2 is 1.83 bits per heavy atom. The molecule has 134 valence electrons. The van der Waals surface area contributed by atoms with Crippen molar-refractivity contribution in [3.63, 3.8) is 0 Å². The number of hydrogen-bond donors (Lipinski definition) is 5. The van der Waals surface area contributed by atoms with Crippen LogP contribution >= 0.6 is 0 Å². The van der Waals surface area contributed by atoms with Crippen molar-refractivity contribution >= 4 is 6.08 Å². The highest BCUT2D eigenvalue weighted by atomic mass is 16.7. The molecule has 2 rings (SSSR count). The first kappa shape index (κ1) is 18.7. The zero-order valence-corrected chi connectivity index (χ0v) is 13.1. The Labute approximate surface area is 139 Å². The summed E-state index contributed by atoms with van der Waals surface area (Å²) in [7, 11) is 1.44. The number of aliphatic hydroxyl groups excluding tert-OH is 5. The van der Waals surface area contributed by atoms with Crippen LogP contribution in [0.3, 0.4) is 0 Å². The summed E-state index contributed by atoms with van der Waals surface area (Å²) in [6.45, 7) is -0.627. The number of rotatable bonds is 6. The van der Waals surface area contributed by atoms with Crippen molar-refractivity contribution in [2.45, 2.75) is 30.7 Å². The Morgan fingerprint density at radius 3 is 2.46 bits per heavy atom. The Morgan fingerprint density at radius 1 is 1.08 bits per heavy atom. The molecule has 8 heteroatoms. The van der Waals surface area contributed by atoms with Gasteiger partial charge in [0.05, 0.1) is 20.3 Å². The van der Waals surface area contributed by atoms with E-state index in [-0.39, 0.29) is 12.4 Å². The van der Waals surface area contributed by atoms with Crippen LogP contribution in [0.15, 0.2) is 24.3 Å². The van der Waals surface area contributed by atoms with Crippen molar-refractivity contribution in [3.05, 3.63) is 29.8 Å². The molecule has 5 N–H and O–H groups in total. The van der Waals surface area contributed by atoms with E-state index >= 15 is 0 Å². The largest absolute Gasteiger partial charge is 0.493 e. The number of ether oxygens (including phenoxy) is 3. The molecule has 0 bridgehead atoms. The van der Waals surface area contributed by atoms with E-state index < -0.39 is 37.3 Å². The Balaban J connectivity index is 2.18. The molecule has 5 atom stereocenters. The average Bonchev–Trinajstić information content (AvgIpc) is 2.61. The minimum Gasteiger partial charge on any atom is -0.493 e. The molecule has 0 spiro atoms. The van der Waals surface area contributed by atoms with E-state index in [4.69, 9.17) is 19.3 Å². The monoisotopic (exact) mass is 344 g/mol. The third-order valence-electron chi connectivity index (χ3n) is 3.69. The van der Waals surface area contributed by atoms with Gasteiger partial charge in [-0.1, -0.05) is 18.2 Å². The van der Waals surface area contributed by atoms with E-state index in [0.29, 0.717) is 5.75 Å². The standard InChI is InChI=1S/C16H22O8/c1-22-11-7-9(3-2-6-17)4-5-10(11)23-16-15(21)14(20)13(19)12(8-18)24-16/h2-5,7,12-21H,6,8H2,1H3/b3-2-/t12-,13-,14+,15-,16-/m1/s1/i2+1,6+1. The van der Waals surface area contributed by atoms with E-state index in [9.17, 15) is 20.4 Å². The zero-order valence-electron chi connectivity index (χ0n) is 13.1. The van der Waals surface area contributed by atoms with Crippen LogP contribution in [0.1, 0.15) is 5.56 Å². The summed E-state index contributed by atoms with van der Waals surface area (Å²) in [5.41, 5.74) is 0.766. The molecule has 1 aliphatic heterocycles. The second-order valence-corrected chi connectivity index (χ2v) is 5.31. The minimum absolute atomic E-state index is 0.0918. The topological polar surface area (TPSA) is 129 Å². The van der Waals surface area contributed by atoms with Gasteiger partial charge >= 0.3 is 0 Å². The predicted octanol–water partition coefficient (Wildman–Crippen LogP) is -1.12. The normalized spacial score (nSPS) is 30.5. The number of aliphatic hydroxyl groups is 5. The lowest BCUT2D eigenvalue weighted by molar-refractivity contribution is -0.277. The molecule has 0 aliphatic carbocycles. The van der Waals surface area contributed by atoms with Crippen molar-refractivity contribution in [1.82, 2.24) is 0 Å². The number of methoxy groups -OCH3 is 1. The van der Waals surface area contributed by atoms with Crippen molar-refractivity contribution in [2.24, 2.45) is 0 Å². The van der Waals surface area contributed by atoms with Crippen LogP contribution in [-0.4, -0.2) is 76.6 Å². The quantitative estimate of drug-likeness (QED) is 0.411. The molecule has 0 saturated carbocycles. The van der Waals surface area contributed by atoms with Crippen molar-refractivity contribution in [3.8, 4) is 11.5 Å². The van der Waals surface area contributed by atoms with Gasteiger partial charge in [0.15, 0.2) is 11.5 Å². The van der Waals surface area contributed by atoms with Gasteiger partial charge in [-0.15, -0.1) is 0 Å². The second kappa shape index (κ2) is 8.43.